The molecule has 140 valence electrons. The lowest BCUT2D eigenvalue weighted by Crippen LogP contribution is -2.28. The van der Waals surface area contributed by atoms with Crippen molar-refractivity contribution < 1.29 is 24.2 Å². The predicted octanol–water partition coefficient (Wildman–Crippen LogP) is 3.58. The van der Waals surface area contributed by atoms with Gasteiger partial charge in [0.1, 0.15) is 5.69 Å². The monoisotopic (exact) mass is 386 g/mol. The fraction of sp³-hybridized carbons (Fsp3) is 0.263. The molecule has 7 nitrogen and oxygen atoms in total. The summed E-state index contributed by atoms with van der Waals surface area (Å²) in [6.07, 6.45) is 1.53. The van der Waals surface area contributed by atoms with Crippen molar-refractivity contribution in [1.82, 2.24) is 10.3 Å². The molecule has 3 N–H and O–H groups in total. The van der Waals surface area contributed by atoms with Crippen molar-refractivity contribution in [1.29, 1.82) is 0 Å². The lowest BCUT2D eigenvalue weighted by molar-refractivity contribution is 0.0698. The Morgan fingerprint density at radius 3 is 3.04 bits per heavy atom. The van der Waals surface area contributed by atoms with Crippen molar-refractivity contribution in [2.75, 3.05) is 13.7 Å². The molecule has 0 fully saturated rings. The van der Waals surface area contributed by atoms with Crippen LogP contribution in [0, 0.1) is 0 Å². The Hall–Kier alpha value is -3.00. The maximum absolute atomic E-state index is 12.8. The van der Waals surface area contributed by atoms with Crippen LogP contribution >= 0.6 is 11.3 Å². The van der Waals surface area contributed by atoms with Crippen LogP contribution in [0.15, 0.2) is 29.6 Å². The molecule has 3 heterocycles. The van der Waals surface area contributed by atoms with Crippen LogP contribution in [0.5, 0.6) is 11.5 Å². The van der Waals surface area contributed by atoms with Crippen LogP contribution in [-0.2, 0) is 0 Å². The summed E-state index contributed by atoms with van der Waals surface area (Å²) in [6, 6.07) is 7.08. The molecule has 0 saturated carbocycles. The number of aromatic amines is 1. The molecule has 1 aliphatic rings. The largest absolute Gasteiger partial charge is 0.493 e. The number of fused-ring (bicyclic) bond motifs is 2. The van der Waals surface area contributed by atoms with E-state index >= 15 is 0 Å². The van der Waals surface area contributed by atoms with Crippen LogP contribution in [0.2, 0.25) is 0 Å². The van der Waals surface area contributed by atoms with Gasteiger partial charge in [-0.1, -0.05) is 12.1 Å². The second-order valence-corrected chi connectivity index (χ2v) is 7.18. The number of rotatable bonds is 4. The first-order valence-electron chi connectivity index (χ1n) is 8.52. The molecule has 1 aliphatic heterocycles. The molecule has 0 spiro atoms. The highest BCUT2D eigenvalue weighted by molar-refractivity contribution is 7.17. The average Bonchev–Trinajstić information content (AvgIpc) is 3.18. The van der Waals surface area contributed by atoms with E-state index in [1.165, 1.54) is 11.3 Å². The molecule has 0 bridgehead atoms. The van der Waals surface area contributed by atoms with E-state index in [1.54, 1.807) is 18.6 Å². The Balaban J connectivity index is 1.62. The first kappa shape index (κ1) is 17.4. The van der Waals surface area contributed by atoms with Crippen molar-refractivity contribution in [3.8, 4) is 11.5 Å². The number of carbonyl (C=O) groups is 2. The molecular weight excluding hydrogens is 368 g/mol. The molecule has 27 heavy (non-hydrogen) atoms. The summed E-state index contributed by atoms with van der Waals surface area (Å²) < 4.78 is 11.9. The smallest absolute Gasteiger partial charge is 0.338 e. The van der Waals surface area contributed by atoms with Gasteiger partial charge in [0.2, 0.25) is 0 Å². The minimum atomic E-state index is -1.02. The van der Waals surface area contributed by atoms with E-state index in [0.717, 1.165) is 23.1 Å². The molecular formula is C19H18N2O5S. The van der Waals surface area contributed by atoms with E-state index < -0.39 is 5.97 Å². The maximum atomic E-state index is 12.8. The van der Waals surface area contributed by atoms with E-state index in [-0.39, 0.29) is 17.5 Å². The second-order valence-electron chi connectivity index (χ2n) is 6.27. The minimum absolute atomic E-state index is 0.173. The number of methoxy groups -OCH3 is 1. The molecule has 1 atom stereocenters. The Bertz CT molecular complexity index is 1020. The zero-order valence-corrected chi connectivity index (χ0v) is 15.4. The third kappa shape index (κ3) is 3.12. The Morgan fingerprint density at radius 2 is 2.26 bits per heavy atom. The predicted molar refractivity (Wildman–Crippen MR) is 101 cm³/mol. The highest BCUT2D eigenvalue weighted by Crippen LogP contribution is 2.38. The molecule has 0 radical (unpaired) electrons. The second kappa shape index (κ2) is 6.96. The van der Waals surface area contributed by atoms with E-state index in [1.807, 2.05) is 18.2 Å². The van der Waals surface area contributed by atoms with Crippen molar-refractivity contribution in [3.05, 3.63) is 46.5 Å². The van der Waals surface area contributed by atoms with Crippen LogP contribution in [0.25, 0.3) is 10.2 Å². The van der Waals surface area contributed by atoms with Crippen molar-refractivity contribution in [2.24, 2.45) is 0 Å². The van der Waals surface area contributed by atoms with Crippen LogP contribution in [0.4, 0.5) is 0 Å². The van der Waals surface area contributed by atoms with Crippen LogP contribution in [0.3, 0.4) is 0 Å². The number of carboxylic acids is 1. The molecule has 4 rings (SSSR count). The maximum Gasteiger partial charge on any atom is 0.338 e. The van der Waals surface area contributed by atoms with Gasteiger partial charge in [0.25, 0.3) is 5.91 Å². The third-order valence-electron chi connectivity index (χ3n) is 4.62. The highest BCUT2D eigenvalue weighted by atomic mass is 32.1. The number of aromatic nitrogens is 1. The highest BCUT2D eigenvalue weighted by Gasteiger charge is 2.25. The SMILES string of the molecule is COc1cccc2c1OCCCC2NC(=O)c1cc2scc(C(=O)O)c2[nH]1. The fourth-order valence-corrected chi connectivity index (χ4v) is 4.24. The van der Waals surface area contributed by atoms with Gasteiger partial charge in [-0.2, -0.15) is 0 Å². The summed E-state index contributed by atoms with van der Waals surface area (Å²) in [7, 11) is 1.59. The normalized spacial score (nSPS) is 16.3. The lowest BCUT2D eigenvalue weighted by Gasteiger charge is -2.19. The standard InChI is InChI=1S/C19H18N2O5S/c1-25-14-6-2-4-10-12(5-3-7-26-17(10)14)21-18(22)13-8-15-16(20-13)11(9-27-15)19(23)24/h2,4,6,8-9,12,20H,3,5,7H2,1H3,(H,21,22)(H,23,24). The molecule has 8 heteroatoms. The lowest BCUT2D eigenvalue weighted by atomic mass is 10.0. The summed E-state index contributed by atoms with van der Waals surface area (Å²) in [5, 5.41) is 13.8. The molecule has 1 amide bonds. The number of hydrogen-bond donors (Lipinski definition) is 3. The van der Waals surface area contributed by atoms with E-state index in [9.17, 15) is 14.7 Å². The van der Waals surface area contributed by atoms with E-state index in [4.69, 9.17) is 9.47 Å². The number of benzene rings is 1. The summed E-state index contributed by atoms with van der Waals surface area (Å²) >= 11 is 1.29. The van der Waals surface area contributed by atoms with Gasteiger partial charge in [-0.05, 0) is 25.0 Å². The molecule has 3 aromatic rings. The van der Waals surface area contributed by atoms with Gasteiger partial charge in [-0.25, -0.2) is 4.79 Å². The van der Waals surface area contributed by atoms with Gasteiger partial charge < -0.3 is 24.9 Å². The van der Waals surface area contributed by atoms with Gasteiger partial charge in [-0.15, -0.1) is 11.3 Å². The quantitative estimate of drug-likeness (QED) is 0.636. The van der Waals surface area contributed by atoms with Crippen LogP contribution < -0.4 is 14.8 Å². The molecule has 1 unspecified atom stereocenters. The minimum Gasteiger partial charge on any atom is -0.493 e. The number of carbonyl (C=O) groups excluding carboxylic acids is 1. The third-order valence-corrected chi connectivity index (χ3v) is 5.55. The average molecular weight is 386 g/mol. The van der Waals surface area contributed by atoms with Crippen molar-refractivity contribution in [3.63, 3.8) is 0 Å². The van der Waals surface area contributed by atoms with Gasteiger partial charge in [0.15, 0.2) is 11.5 Å². The molecule has 2 aromatic heterocycles. The zero-order valence-electron chi connectivity index (χ0n) is 14.6. The first-order valence-corrected chi connectivity index (χ1v) is 9.40. The number of hydrogen-bond acceptors (Lipinski definition) is 5. The van der Waals surface area contributed by atoms with Gasteiger partial charge in [0.05, 0.1) is 35.5 Å². The van der Waals surface area contributed by atoms with Crippen molar-refractivity contribution >= 4 is 33.4 Å². The van der Waals surface area contributed by atoms with Crippen LogP contribution in [-0.4, -0.2) is 35.7 Å². The summed E-state index contributed by atoms with van der Waals surface area (Å²) in [6.45, 7) is 0.556. The number of amides is 1. The zero-order chi connectivity index (χ0) is 19.0. The molecule has 0 saturated heterocycles. The fourth-order valence-electron chi connectivity index (χ4n) is 3.32. The molecule has 1 aromatic carbocycles. The summed E-state index contributed by atoms with van der Waals surface area (Å²) in [4.78, 5) is 27.0. The van der Waals surface area contributed by atoms with E-state index in [2.05, 4.69) is 10.3 Å². The summed E-state index contributed by atoms with van der Waals surface area (Å²) in [5.41, 5.74) is 1.87. The number of carboxylic acid groups (broad SMARTS) is 1. The summed E-state index contributed by atoms with van der Waals surface area (Å²) in [5.74, 6) is -0.00373. The van der Waals surface area contributed by atoms with Gasteiger partial charge in [0, 0.05) is 10.9 Å². The van der Waals surface area contributed by atoms with Crippen molar-refractivity contribution in [2.45, 2.75) is 18.9 Å². The Kier molecular flexibility index (Phi) is 4.49. The van der Waals surface area contributed by atoms with Crippen LogP contribution in [0.1, 0.15) is 45.3 Å². The Morgan fingerprint density at radius 1 is 1.41 bits per heavy atom. The van der Waals surface area contributed by atoms with Gasteiger partial charge in [-0.3, -0.25) is 4.79 Å². The number of aromatic carboxylic acids is 1. The number of ether oxygens (including phenoxy) is 2. The topological polar surface area (TPSA) is 101 Å². The first-order chi connectivity index (χ1) is 13.1. The van der Waals surface area contributed by atoms with E-state index in [0.29, 0.717) is 29.3 Å². The number of nitrogens with one attached hydrogen (secondary N) is 2. The molecule has 0 aliphatic carbocycles. The number of thiophene rings is 1. The number of H-pyrrole nitrogens is 1. The number of para-hydroxylation sites is 1. The Labute approximate surface area is 158 Å². The van der Waals surface area contributed by atoms with Gasteiger partial charge >= 0.3 is 5.97 Å².